The molecule has 0 fully saturated rings. The van der Waals surface area contributed by atoms with Crippen molar-refractivity contribution in [2.24, 2.45) is 0 Å². The van der Waals surface area contributed by atoms with Gasteiger partial charge in [-0.05, 0) is 12.1 Å². The van der Waals surface area contributed by atoms with Crippen LogP contribution in [0.4, 0.5) is 5.95 Å². The number of nitrogens with one attached hydrogen (secondary N) is 2. The van der Waals surface area contributed by atoms with Crippen LogP contribution in [0.3, 0.4) is 0 Å². The van der Waals surface area contributed by atoms with E-state index >= 15 is 0 Å². The minimum Gasteiger partial charge on any atom is -0.296 e. The maximum Gasteiger partial charge on any atom is 0.260 e. The Morgan fingerprint density at radius 3 is 2.94 bits per heavy atom. The van der Waals surface area contributed by atoms with Crippen molar-refractivity contribution in [2.45, 2.75) is 13.2 Å². The molecule has 0 saturated carbocycles. The average molecular weight is 229 g/mol. The van der Waals surface area contributed by atoms with Gasteiger partial charge in [0.05, 0.1) is 10.9 Å². The lowest BCUT2D eigenvalue weighted by Crippen LogP contribution is -2.16. The molecule has 86 valence electrons. The van der Waals surface area contributed by atoms with Crippen molar-refractivity contribution in [2.75, 3.05) is 5.32 Å². The number of carbonyl (C=O) groups excluding carboxylic acids is 1. The van der Waals surface area contributed by atoms with E-state index in [1.165, 1.54) is 6.92 Å². The zero-order valence-electron chi connectivity index (χ0n) is 9.70. The van der Waals surface area contributed by atoms with E-state index in [1.54, 1.807) is 6.07 Å². The van der Waals surface area contributed by atoms with E-state index < -0.39 is 0 Å². The third-order valence-corrected chi connectivity index (χ3v) is 2.47. The van der Waals surface area contributed by atoms with E-state index in [0.29, 0.717) is 10.9 Å². The van der Waals surface area contributed by atoms with Crippen LogP contribution >= 0.6 is 0 Å². The number of aromatic amines is 1. The number of rotatable bonds is 2. The summed E-state index contributed by atoms with van der Waals surface area (Å²) in [5, 5.41) is 3.00. The van der Waals surface area contributed by atoms with Gasteiger partial charge >= 0.3 is 0 Å². The number of hydrogen-bond acceptors (Lipinski definition) is 3. The number of aromatic nitrogens is 2. The SMILES string of the molecule is BCc1ccc2nc(NC(C)=O)[nH]c(=O)c2c1. The van der Waals surface area contributed by atoms with Gasteiger partial charge in [-0.2, -0.15) is 0 Å². The van der Waals surface area contributed by atoms with Crippen LogP contribution in [-0.4, -0.2) is 23.7 Å². The second kappa shape index (κ2) is 4.41. The van der Waals surface area contributed by atoms with Gasteiger partial charge in [-0.3, -0.25) is 19.9 Å². The summed E-state index contributed by atoms with van der Waals surface area (Å²) in [6.45, 7) is 1.37. The highest BCUT2D eigenvalue weighted by Crippen LogP contribution is 2.11. The molecule has 0 saturated heterocycles. The Morgan fingerprint density at radius 1 is 1.53 bits per heavy atom. The molecule has 1 aromatic heterocycles. The summed E-state index contributed by atoms with van der Waals surface area (Å²) in [7, 11) is 2.02. The molecule has 0 atom stereocenters. The Hall–Kier alpha value is -2.11. The third-order valence-electron chi connectivity index (χ3n) is 2.47. The van der Waals surface area contributed by atoms with Crippen molar-refractivity contribution in [1.82, 2.24) is 9.97 Å². The number of carbonyl (C=O) groups is 1. The Kier molecular flexibility index (Phi) is 2.95. The monoisotopic (exact) mass is 229 g/mol. The van der Waals surface area contributed by atoms with Gasteiger partial charge in [-0.15, -0.1) is 0 Å². The zero-order valence-corrected chi connectivity index (χ0v) is 9.70. The summed E-state index contributed by atoms with van der Waals surface area (Å²) in [6.07, 6.45) is 0.864. The Bertz CT molecular complexity index is 636. The van der Waals surface area contributed by atoms with Crippen molar-refractivity contribution in [1.29, 1.82) is 0 Å². The summed E-state index contributed by atoms with van der Waals surface area (Å²) in [5.41, 5.74) is 1.42. The van der Waals surface area contributed by atoms with E-state index in [-0.39, 0.29) is 17.4 Å². The minimum atomic E-state index is -0.266. The highest BCUT2D eigenvalue weighted by molar-refractivity contribution is 6.08. The van der Waals surface area contributed by atoms with Crippen molar-refractivity contribution in [3.05, 3.63) is 34.1 Å². The standard InChI is InChI=1S/C11H12BN3O2/c1-6(16)13-11-14-9-3-2-7(5-12)4-8(9)10(17)15-11/h2-4H,5,12H2,1H3,(H2,13,14,15,16,17). The molecular weight excluding hydrogens is 217 g/mol. The van der Waals surface area contributed by atoms with Gasteiger partial charge in [0, 0.05) is 6.92 Å². The molecule has 2 rings (SSSR count). The lowest BCUT2D eigenvalue weighted by atomic mass is 9.96. The lowest BCUT2D eigenvalue weighted by molar-refractivity contribution is -0.114. The predicted octanol–water partition coefficient (Wildman–Crippen LogP) is 0.0146. The van der Waals surface area contributed by atoms with E-state index in [1.807, 2.05) is 20.0 Å². The molecule has 6 heteroatoms. The largest absolute Gasteiger partial charge is 0.296 e. The molecule has 0 aliphatic rings. The lowest BCUT2D eigenvalue weighted by Gasteiger charge is -2.04. The second-order valence-electron chi connectivity index (χ2n) is 3.80. The molecule has 0 unspecified atom stereocenters. The van der Waals surface area contributed by atoms with Gasteiger partial charge in [-0.1, -0.05) is 17.9 Å². The van der Waals surface area contributed by atoms with Crippen molar-refractivity contribution < 1.29 is 4.79 Å². The van der Waals surface area contributed by atoms with Crippen LogP contribution in [0.25, 0.3) is 10.9 Å². The summed E-state index contributed by atoms with van der Waals surface area (Å²) in [6, 6.07) is 5.53. The highest BCUT2D eigenvalue weighted by atomic mass is 16.1. The number of H-pyrrole nitrogens is 1. The Labute approximate surface area is 98.7 Å². The first-order valence-corrected chi connectivity index (χ1v) is 5.40. The molecule has 17 heavy (non-hydrogen) atoms. The normalized spacial score (nSPS) is 10.4. The van der Waals surface area contributed by atoms with Crippen LogP contribution in [0, 0.1) is 0 Å². The van der Waals surface area contributed by atoms with Gasteiger partial charge in [0.15, 0.2) is 0 Å². The first kappa shape index (κ1) is 11.4. The number of hydrogen-bond donors (Lipinski definition) is 2. The van der Waals surface area contributed by atoms with Crippen LogP contribution in [0.1, 0.15) is 12.5 Å². The Morgan fingerprint density at radius 2 is 2.29 bits per heavy atom. The van der Waals surface area contributed by atoms with Crippen molar-refractivity contribution in [3.8, 4) is 0 Å². The van der Waals surface area contributed by atoms with Crippen LogP contribution in [0.2, 0.25) is 0 Å². The summed E-state index contributed by atoms with van der Waals surface area (Å²) in [5.74, 6) is -0.0862. The van der Waals surface area contributed by atoms with Gasteiger partial charge in [0.2, 0.25) is 11.9 Å². The first-order chi connectivity index (χ1) is 8.10. The smallest absolute Gasteiger partial charge is 0.260 e. The Balaban J connectivity index is 2.59. The minimum absolute atomic E-state index is 0.180. The molecule has 1 aromatic carbocycles. The fraction of sp³-hybridized carbons (Fsp3) is 0.182. The topological polar surface area (TPSA) is 74.8 Å². The van der Waals surface area contributed by atoms with Gasteiger partial charge < -0.3 is 0 Å². The second-order valence-corrected chi connectivity index (χ2v) is 3.80. The fourth-order valence-electron chi connectivity index (χ4n) is 1.63. The molecule has 0 aliphatic heterocycles. The quantitative estimate of drug-likeness (QED) is 0.712. The molecule has 1 amide bonds. The molecule has 2 N–H and O–H groups in total. The predicted molar refractivity (Wildman–Crippen MR) is 68.9 cm³/mol. The van der Waals surface area contributed by atoms with E-state index in [9.17, 15) is 9.59 Å². The number of amides is 1. The van der Waals surface area contributed by atoms with Crippen LogP contribution in [0.15, 0.2) is 23.0 Å². The van der Waals surface area contributed by atoms with Crippen LogP contribution in [0.5, 0.6) is 0 Å². The van der Waals surface area contributed by atoms with E-state index in [2.05, 4.69) is 15.3 Å². The van der Waals surface area contributed by atoms with Crippen LogP contribution in [-0.2, 0) is 11.1 Å². The number of anilines is 1. The molecule has 0 aliphatic carbocycles. The average Bonchev–Trinajstić information content (AvgIpc) is 2.28. The molecule has 1 heterocycles. The molecule has 2 aromatic rings. The third kappa shape index (κ3) is 2.35. The molecule has 5 nitrogen and oxygen atoms in total. The summed E-state index contributed by atoms with van der Waals surface area (Å²) >= 11 is 0. The highest BCUT2D eigenvalue weighted by Gasteiger charge is 2.05. The summed E-state index contributed by atoms with van der Waals surface area (Å²) in [4.78, 5) is 29.4. The van der Waals surface area contributed by atoms with Gasteiger partial charge in [-0.25, -0.2) is 4.98 Å². The number of fused-ring (bicyclic) bond motifs is 1. The fourth-order valence-corrected chi connectivity index (χ4v) is 1.63. The number of benzene rings is 1. The molecular formula is C11H12BN3O2. The maximum absolute atomic E-state index is 11.8. The molecule has 0 spiro atoms. The van der Waals surface area contributed by atoms with E-state index in [4.69, 9.17) is 0 Å². The zero-order chi connectivity index (χ0) is 12.4. The van der Waals surface area contributed by atoms with E-state index in [0.717, 1.165) is 11.9 Å². The number of nitrogens with zero attached hydrogens (tertiary/aromatic N) is 1. The van der Waals surface area contributed by atoms with Gasteiger partial charge in [0.25, 0.3) is 5.56 Å². The van der Waals surface area contributed by atoms with Gasteiger partial charge in [0.1, 0.15) is 7.85 Å². The van der Waals surface area contributed by atoms with Crippen molar-refractivity contribution >= 4 is 30.6 Å². The summed E-state index contributed by atoms with van der Waals surface area (Å²) < 4.78 is 0. The molecule has 0 radical (unpaired) electrons. The van der Waals surface area contributed by atoms with Crippen LogP contribution < -0.4 is 10.9 Å². The maximum atomic E-state index is 11.8. The first-order valence-electron chi connectivity index (χ1n) is 5.40. The van der Waals surface area contributed by atoms with Crippen molar-refractivity contribution in [3.63, 3.8) is 0 Å². The molecule has 0 bridgehead atoms.